The van der Waals surface area contributed by atoms with Crippen LogP contribution in [0.1, 0.15) is 39.6 Å². The molecule has 1 aliphatic rings. The van der Waals surface area contributed by atoms with Crippen LogP contribution in [0.25, 0.3) is 11.3 Å². The molecule has 0 fully saturated rings. The molecule has 2 heterocycles. The summed E-state index contributed by atoms with van der Waals surface area (Å²) in [7, 11) is 1.46. The fraction of sp³-hybridized carbons (Fsp3) is 0.273. The Labute approximate surface area is 173 Å². The van der Waals surface area contributed by atoms with Crippen molar-refractivity contribution in [3.8, 4) is 28.5 Å². The third kappa shape index (κ3) is 3.15. The molecule has 8 nitrogen and oxygen atoms in total. The number of carbonyl (C=O) groups excluding carboxylic acids is 1. The van der Waals surface area contributed by atoms with Crippen molar-refractivity contribution in [2.75, 3.05) is 20.3 Å². The molecule has 1 amide bonds. The van der Waals surface area contributed by atoms with Gasteiger partial charge in [0, 0.05) is 24.3 Å². The summed E-state index contributed by atoms with van der Waals surface area (Å²) >= 11 is 0. The van der Waals surface area contributed by atoms with E-state index in [1.54, 1.807) is 29.2 Å². The number of amides is 1. The van der Waals surface area contributed by atoms with E-state index in [0.717, 1.165) is 11.1 Å². The van der Waals surface area contributed by atoms with E-state index >= 15 is 0 Å². The van der Waals surface area contributed by atoms with E-state index in [-0.39, 0.29) is 24.0 Å². The van der Waals surface area contributed by atoms with E-state index < -0.39 is 6.04 Å². The Morgan fingerprint density at radius 2 is 1.93 bits per heavy atom. The number of aromatic amines is 1. The Bertz CT molecular complexity index is 1110. The third-order valence-corrected chi connectivity index (χ3v) is 5.35. The monoisotopic (exact) mass is 409 g/mol. The third-order valence-electron chi connectivity index (χ3n) is 5.35. The predicted molar refractivity (Wildman–Crippen MR) is 110 cm³/mol. The highest BCUT2D eigenvalue weighted by atomic mass is 16.5. The number of rotatable bonds is 6. The lowest BCUT2D eigenvalue weighted by Gasteiger charge is -2.26. The number of aliphatic hydroxyl groups is 1. The number of aromatic nitrogens is 2. The fourth-order valence-corrected chi connectivity index (χ4v) is 3.92. The van der Waals surface area contributed by atoms with Crippen LogP contribution in [-0.2, 0) is 0 Å². The first-order valence-corrected chi connectivity index (χ1v) is 9.63. The zero-order valence-corrected chi connectivity index (χ0v) is 16.7. The molecular weight excluding hydrogens is 386 g/mol. The van der Waals surface area contributed by atoms with E-state index in [9.17, 15) is 20.1 Å². The summed E-state index contributed by atoms with van der Waals surface area (Å²) in [5.74, 6) is 0.120. The maximum atomic E-state index is 13.1. The van der Waals surface area contributed by atoms with Gasteiger partial charge in [-0.25, -0.2) is 0 Å². The molecule has 3 aromatic rings. The van der Waals surface area contributed by atoms with Crippen molar-refractivity contribution in [1.82, 2.24) is 15.1 Å². The van der Waals surface area contributed by atoms with Gasteiger partial charge >= 0.3 is 0 Å². The number of H-pyrrole nitrogens is 1. The zero-order chi connectivity index (χ0) is 21.4. The summed E-state index contributed by atoms with van der Waals surface area (Å²) in [5, 5.41) is 36.9. The van der Waals surface area contributed by atoms with Gasteiger partial charge in [-0.15, -0.1) is 0 Å². The molecule has 1 atom stereocenters. The highest BCUT2D eigenvalue weighted by molar-refractivity contribution is 6.00. The summed E-state index contributed by atoms with van der Waals surface area (Å²) in [4.78, 5) is 14.8. The van der Waals surface area contributed by atoms with Crippen LogP contribution in [0.15, 0.2) is 36.4 Å². The topological polar surface area (TPSA) is 119 Å². The maximum Gasteiger partial charge on any atom is 0.273 e. The number of hydrogen-bond acceptors (Lipinski definition) is 6. The van der Waals surface area contributed by atoms with Gasteiger partial charge in [0.25, 0.3) is 5.91 Å². The lowest BCUT2D eigenvalue weighted by Crippen LogP contribution is -2.31. The molecule has 0 saturated carbocycles. The van der Waals surface area contributed by atoms with E-state index in [0.29, 0.717) is 41.2 Å². The SMILES string of the molecule is COc1cc([C@H]2c3c(-c4cc(C)ccc4O)n[nH]c3C(=O)N2CCCO)ccc1O. The second kappa shape index (κ2) is 7.72. The Morgan fingerprint density at radius 1 is 1.17 bits per heavy atom. The van der Waals surface area contributed by atoms with E-state index in [2.05, 4.69) is 10.2 Å². The molecular formula is C22H23N3O5. The molecule has 8 heteroatoms. The van der Waals surface area contributed by atoms with Gasteiger partial charge in [-0.1, -0.05) is 17.7 Å². The normalized spacial score (nSPS) is 15.5. The van der Waals surface area contributed by atoms with Crippen molar-refractivity contribution >= 4 is 5.91 Å². The summed E-state index contributed by atoms with van der Waals surface area (Å²) in [6.07, 6.45) is 0.417. The Kier molecular flexibility index (Phi) is 5.09. The molecule has 30 heavy (non-hydrogen) atoms. The molecule has 2 aromatic carbocycles. The van der Waals surface area contributed by atoms with Gasteiger partial charge in [0.15, 0.2) is 11.5 Å². The number of benzene rings is 2. The van der Waals surface area contributed by atoms with Crippen molar-refractivity contribution < 1.29 is 24.9 Å². The summed E-state index contributed by atoms with van der Waals surface area (Å²) in [6, 6.07) is 9.64. The summed E-state index contributed by atoms with van der Waals surface area (Å²) in [5.41, 5.74) is 3.68. The van der Waals surface area contributed by atoms with Crippen LogP contribution in [-0.4, -0.2) is 56.6 Å². The number of aromatic hydroxyl groups is 2. The van der Waals surface area contributed by atoms with Crippen LogP contribution in [0, 0.1) is 6.92 Å². The predicted octanol–water partition coefficient (Wildman–Crippen LogP) is 2.73. The Hall–Kier alpha value is -3.52. The van der Waals surface area contributed by atoms with Gasteiger partial charge in [0.05, 0.1) is 13.2 Å². The number of nitrogens with one attached hydrogen (secondary N) is 1. The average molecular weight is 409 g/mol. The molecule has 0 unspecified atom stereocenters. The number of ether oxygens (including phenoxy) is 1. The van der Waals surface area contributed by atoms with Gasteiger partial charge in [-0.2, -0.15) is 5.10 Å². The molecule has 0 aliphatic carbocycles. The van der Waals surface area contributed by atoms with Crippen LogP contribution >= 0.6 is 0 Å². The molecule has 4 N–H and O–H groups in total. The summed E-state index contributed by atoms with van der Waals surface area (Å²) < 4.78 is 5.25. The van der Waals surface area contributed by atoms with Crippen molar-refractivity contribution in [2.45, 2.75) is 19.4 Å². The highest BCUT2D eigenvalue weighted by Gasteiger charge is 2.42. The van der Waals surface area contributed by atoms with Gasteiger partial charge in [-0.3, -0.25) is 9.89 Å². The standard InChI is InChI=1S/C22H23N3O5/c1-12-4-6-15(27)14(10-12)19-18-20(24-23-19)22(29)25(8-3-9-26)21(18)13-5-7-16(28)17(11-13)30-2/h4-7,10-11,21,26-28H,3,8-9H2,1-2H3,(H,23,24)/t21-/m0/s1. The van der Waals surface area contributed by atoms with Crippen molar-refractivity contribution in [1.29, 1.82) is 0 Å². The molecule has 0 bridgehead atoms. The van der Waals surface area contributed by atoms with Crippen LogP contribution in [0.3, 0.4) is 0 Å². The highest BCUT2D eigenvalue weighted by Crippen LogP contribution is 2.45. The van der Waals surface area contributed by atoms with E-state index in [1.807, 2.05) is 13.0 Å². The van der Waals surface area contributed by atoms with E-state index in [4.69, 9.17) is 4.74 Å². The van der Waals surface area contributed by atoms with Crippen LogP contribution in [0.4, 0.5) is 0 Å². The average Bonchev–Trinajstić information content (AvgIpc) is 3.28. The molecule has 0 saturated heterocycles. The largest absolute Gasteiger partial charge is 0.507 e. The number of aryl methyl sites for hydroxylation is 1. The molecule has 156 valence electrons. The second-order valence-electron chi connectivity index (χ2n) is 7.29. The van der Waals surface area contributed by atoms with Crippen LogP contribution < -0.4 is 4.74 Å². The van der Waals surface area contributed by atoms with Gasteiger partial charge < -0.3 is 25.0 Å². The Balaban J connectivity index is 1.91. The lowest BCUT2D eigenvalue weighted by atomic mass is 9.94. The second-order valence-corrected chi connectivity index (χ2v) is 7.29. The van der Waals surface area contributed by atoms with Crippen LogP contribution in [0.5, 0.6) is 17.2 Å². The number of aliphatic hydroxyl groups excluding tert-OH is 1. The zero-order valence-electron chi connectivity index (χ0n) is 16.7. The first-order chi connectivity index (χ1) is 14.5. The van der Waals surface area contributed by atoms with E-state index in [1.165, 1.54) is 13.2 Å². The maximum absolute atomic E-state index is 13.1. The summed E-state index contributed by atoms with van der Waals surface area (Å²) in [6.45, 7) is 2.20. The van der Waals surface area contributed by atoms with Crippen molar-refractivity contribution in [2.24, 2.45) is 0 Å². The first kappa shape index (κ1) is 19.8. The Morgan fingerprint density at radius 3 is 2.67 bits per heavy atom. The number of carbonyl (C=O) groups is 1. The molecule has 1 aliphatic heterocycles. The smallest absolute Gasteiger partial charge is 0.273 e. The molecule has 1 aromatic heterocycles. The fourth-order valence-electron chi connectivity index (χ4n) is 3.92. The van der Waals surface area contributed by atoms with Crippen LogP contribution in [0.2, 0.25) is 0 Å². The van der Waals surface area contributed by atoms with Gasteiger partial charge in [0.1, 0.15) is 17.1 Å². The quantitative estimate of drug-likeness (QED) is 0.497. The minimum atomic E-state index is -0.512. The molecule has 0 radical (unpaired) electrons. The number of methoxy groups -OCH3 is 1. The van der Waals surface area contributed by atoms with Crippen molar-refractivity contribution in [3.05, 3.63) is 58.8 Å². The van der Waals surface area contributed by atoms with Gasteiger partial charge in [0.2, 0.25) is 0 Å². The van der Waals surface area contributed by atoms with Gasteiger partial charge in [-0.05, 0) is 43.2 Å². The number of phenols is 2. The van der Waals surface area contributed by atoms with Crippen molar-refractivity contribution in [3.63, 3.8) is 0 Å². The first-order valence-electron chi connectivity index (χ1n) is 9.63. The minimum absolute atomic E-state index is 0.00329. The number of hydrogen-bond donors (Lipinski definition) is 4. The number of fused-ring (bicyclic) bond motifs is 1. The lowest BCUT2D eigenvalue weighted by molar-refractivity contribution is 0.0732. The number of nitrogens with zero attached hydrogens (tertiary/aromatic N) is 2. The molecule has 0 spiro atoms. The molecule has 4 rings (SSSR count). The number of phenolic OH excluding ortho intramolecular Hbond substituents is 2. The minimum Gasteiger partial charge on any atom is -0.507 e.